The van der Waals surface area contributed by atoms with Gasteiger partial charge in [0.1, 0.15) is 0 Å². The maximum Gasteiger partial charge on any atom is 0.303 e. The van der Waals surface area contributed by atoms with Crippen LogP contribution in [0.15, 0.2) is 12.1 Å². The quantitative estimate of drug-likeness (QED) is 0.599. The number of carboxylic acid groups (broad SMARTS) is 1. The minimum atomic E-state index is -0.797. The highest BCUT2D eigenvalue weighted by molar-refractivity contribution is 7.14. The zero-order valence-electron chi connectivity index (χ0n) is 8.66. The van der Waals surface area contributed by atoms with Crippen LogP contribution in [0, 0.1) is 6.92 Å². The van der Waals surface area contributed by atoms with Gasteiger partial charge in [0.25, 0.3) is 0 Å². The molecule has 82 valence electrons. The Hall–Kier alpha value is -1.16. The number of carboxylic acids is 1. The van der Waals surface area contributed by atoms with Crippen molar-refractivity contribution in [3.8, 4) is 0 Å². The Bertz CT molecular complexity index is 354. The van der Waals surface area contributed by atoms with E-state index in [1.165, 1.54) is 11.3 Å². The summed E-state index contributed by atoms with van der Waals surface area (Å²) in [5, 5.41) is 8.42. The van der Waals surface area contributed by atoms with E-state index in [9.17, 15) is 9.59 Å². The Morgan fingerprint density at radius 2 is 1.93 bits per heavy atom. The van der Waals surface area contributed by atoms with Gasteiger partial charge < -0.3 is 5.11 Å². The maximum atomic E-state index is 11.6. The molecule has 0 aliphatic rings. The average molecular weight is 226 g/mol. The van der Waals surface area contributed by atoms with Gasteiger partial charge in [-0.15, -0.1) is 11.3 Å². The van der Waals surface area contributed by atoms with Crippen LogP contribution in [0.2, 0.25) is 0 Å². The van der Waals surface area contributed by atoms with E-state index < -0.39 is 5.97 Å². The lowest BCUT2D eigenvalue weighted by Crippen LogP contribution is -1.98. The number of ketones is 1. The number of hydrogen-bond acceptors (Lipinski definition) is 3. The van der Waals surface area contributed by atoms with E-state index in [-0.39, 0.29) is 12.2 Å². The Kier molecular flexibility index (Phi) is 4.49. The lowest BCUT2D eigenvalue weighted by Gasteiger charge is -1.96. The third-order valence-electron chi connectivity index (χ3n) is 2.06. The van der Waals surface area contributed by atoms with E-state index in [4.69, 9.17) is 5.11 Å². The van der Waals surface area contributed by atoms with Gasteiger partial charge in [-0.3, -0.25) is 9.59 Å². The molecule has 1 aromatic rings. The van der Waals surface area contributed by atoms with Crippen molar-refractivity contribution in [3.05, 3.63) is 21.9 Å². The molecule has 0 saturated carbocycles. The summed E-state index contributed by atoms with van der Waals surface area (Å²) in [4.78, 5) is 23.7. The first-order valence-corrected chi connectivity index (χ1v) is 5.72. The van der Waals surface area contributed by atoms with Crippen molar-refractivity contribution >= 4 is 23.1 Å². The fourth-order valence-electron chi connectivity index (χ4n) is 1.27. The molecule has 0 spiro atoms. The first-order valence-electron chi connectivity index (χ1n) is 4.91. The monoisotopic (exact) mass is 226 g/mol. The summed E-state index contributed by atoms with van der Waals surface area (Å²) in [6.07, 6.45) is 1.83. The molecular formula is C11H14O3S. The molecule has 3 nitrogen and oxygen atoms in total. The largest absolute Gasteiger partial charge is 0.481 e. The molecular weight excluding hydrogens is 212 g/mol. The number of Topliss-reactive ketones (excluding diaryl/α,β-unsaturated/α-hetero) is 1. The maximum absolute atomic E-state index is 11.6. The molecule has 0 aliphatic carbocycles. The first-order chi connectivity index (χ1) is 7.09. The fourth-order valence-corrected chi connectivity index (χ4v) is 2.10. The van der Waals surface area contributed by atoms with Crippen LogP contribution in [0.5, 0.6) is 0 Å². The van der Waals surface area contributed by atoms with Gasteiger partial charge in [-0.25, -0.2) is 0 Å². The van der Waals surface area contributed by atoms with Crippen LogP contribution in [0.1, 0.15) is 40.2 Å². The van der Waals surface area contributed by atoms with Crippen LogP contribution in [-0.4, -0.2) is 16.9 Å². The van der Waals surface area contributed by atoms with Gasteiger partial charge >= 0.3 is 5.97 Å². The molecule has 0 bridgehead atoms. The lowest BCUT2D eigenvalue weighted by molar-refractivity contribution is -0.137. The number of hydrogen-bond donors (Lipinski definition) is 1. The molecule has 0 atom stereocenters. The Morgan fingerprint density at radius 3 is 2.47 bits per heavy atom. The fraction of sp³-hybridized carbons (Fsp3) is 0.455. The predicted octanol–water partition coefficient (Wildman–Crippen LogP) is 2.88. The zero-order chi connectivity index (χ0) is 11.3. The molecule has 0 radical (unpaired) electrons. The lowest BCUT2D eigenvalue weighted by atomic mass is 10.1. The van der Waals surface area contributed by atoms with Crippen molar-refractivity contribution in [2.75, 3.05) is 0 Å². The molecule has 1 N–H and O–H groups in total. The number of rotatable bonds is 6. The summed E-state index contributed by atoms with van der Waals surface area (Å²) in [7, 11) is 0. The summed E-state index contributed by atoms with van der Waals surface area (Å²) in [5.74, 6) is -0.673. The summed E-state index contributed by atoms with van der Waals surface area (Å²) >= 11 is 1.49. The normalized spacial score (nSPS) is 10.2. The molecule has 1 aromatic heterocycles. The molecule has 0 unspecified atom stereocenters. The van der Waals surface area contributed by atoms with E-state index >= 15 is 0 Å². The van der Waals surface area contributed by atoms with Crippen molar-refractivity contribution in [2.24, 2.45) is 0 Å². The van der Waals surface area contributed by atoms with Gasteiger partial charge in [-0.2, -0.15) is 0 Å². The average Bonchev–Trinajstić information content (AvgIpc) is 2.59. The van der Waals surface area contributed by atoms with E-state index in [1.54, 1.807) is 0 Å². The highest BCUT2D eigenvalue weighted by Gasteiger charge is 2.07. The highest BCUT2D eigenvalue weighted by atomic mass is 32.1. The molecule has 4 heteroatoms. The van der Waals surface area contributed by atoms with E-state index in [0.717, 1.165) is 9.75 Å². The summed E-state index contributed by atoms with van der Waals surface area (Å²) in [6.45, 7) is 1.96. The van der Waals surface area contributed by atoms with Gasteiger partial charge in [-0.05, 0) is 31.9 Å². The molecule has 0 aliphatic heterocycles. The Balaban J connectivity index is 2.28. The molecule has 0 aromatic carbocycles. The standard InChI is InChI=1S/C11H14O3S/c1-8-6-7-10(15-8)9(12)4-2-3-5-11(13)14/h6-7H,2-5H2,1H3,(H,13,14). The third-order valence-corrected chi connectivity index (χ3v) is 3.10. The van der Waals surface area contributed by atoms with E-state index in [1.807, 2.05) is 19.1 Å². The number of unbranched alkanes of at least 4 members (excludes halogenated alkanes) is 1. The second-order valence-electron chi connectivity index (χ2n) is 3.43. The van der Waals surface area contributed by atoms with Gasteiger partial charge in [0.2, 0.25) is 0 Å². The van der Waals surface area contributed by atoms with Crippen LogP contribution in [0.3, 0.4) is 0 Å². The second kappa shape index (κ2) is 5.66. The van der Waals surface area contributed by atoms with Crippen LogP contribution >= 0.6 is 11.3 Å². The number of aryl methyl sites for hydroxylation is 1. The number of carbonyl (C=O) groups excluding carboxylic acids is 1. The van der Waals surface area contributed by atoms with E-state index in [0.29, 0.717) is 19.3 Å². The van der Waals surface area contributed by atoms with E-state index in [2.05, 4.69) is 0 Å². The zero-order valence-corrected chi connectivity index (χ0v) is 9.47. The topological polar surface area (TPSA) is 54.4 Å². The highest BCUT2D eigenvalue weighted by Crippen LogP contribution is 2.18. The van der Waals surface area contributed by atoms with Gasteiger partial charge in [-0.1, -0.05) is 0 Å². The predicted molar refractivity (Wildman–Crippen MR) is 59.5 cm³/mol. The molecule has 0 amide bonds. The van der Waals surface area contributed by atoms with Crippen molar-refractivity contribution in [2.45, 2.75) is 32.6 Å². The van der Waals surface area contributed by atoms with Crippen molar-refractivity contribution in [3.63, 3.8) is 0 Å². The van der Waals surface area contributed by atoms with Crippen LogP contribution in [0.4, 0.5) is 0 Å². The summed E-state index contributed by atoms with van der Waals surface area (Å²) in [5.41, 5.74) is 0. The van der Waals surface area contributed by atoms with Gasteiger partial charge in [0, 0.05) is 17.7 Å². The molecule has 0 saturated heterocycles. The minimum Gasteiger partial charge on any atom is -0.481 e. The first kappa shape index (κ1) is 11.9. The summed E-state index contributed by atoms with van der Waals surface area (Å²) < 4.78 is 0. The van der Waals surface area contributed by atoms with Crippen LogP contribution in [0.25, 0.3) is 0 Å². The smallest absolute Gasteiger partial charge is 0.303 e. The van der Waals surface area contributed by atoms with Gasteiger partial charge in [0.15, 0.2) is 5.78 Å². The SMILES string of the molecule is Cc1ccc(C(=O)CCCCC(=O)O)s1. The van der Waals surface area contributed by atoms with Crippen LogP contribution < -0.4 is 0 Å². The molecule has 0 fully saturated rings. The Morgan fingerprint density at radius 1 is 1.27 bits per heavy atom. The molecule has 1 heterocycles. The molecule has 15 heavy (non-hydrogen) atoms. The minimum absolute atomic E-state index is 0.124. The van der Waals surface area contributed by atoms with Crippen LogP contribution in [-0.2, 0) is 4.79 Å². The van der Waals surface area contributed by atoms with Crippen molar-refractivity contribution < 1.29 is 14.7 Å². The second-order valence-corrected chi connectivity index (χ2v) is 4.72. The number of carbonyl (C=O) groups is 2. The number of thiophene rings is 1. The third kappa shape index (κ3) is 4.25. The Labute approximate surface area is 92.7 Å². The number of aliphatic carboxylic acids is 1. The van der Waals surface area contributed by atoms with Gasteiger partial charge in [0.05, 0.1) is 4.88 Å². The van der Waals surface area contributed by atoms with Crippen molar-refractivity contribution in [1.82, 2.24) is 0 Å². The summed E-state index contributed by atoms with van der Waals surface area (Å²) in [6, 6.07) is 3.76. The molecule has 1 rings (SSSR count). The van der Waals surface area contributed by atoms with Crippen molar-refractivity contribution in [1.29, 1.82) is 0 Å².